The minimum absolute atomic E-state index is 0.477. The summed E-state index contributed by atoms with van der Waals surface area (Å²) < 4.78 is 17.0. The molecular weight excluding hydrogens is 266 g/mol. The van der Waals surface area contributed by atoms with Crippen LogP contribution in [0.3, 0.4) is 0 Å². The molecule has 0 saturated carbocycles. The lowest BCUT2D eigenvalue weighted by atomic mass is 10.2. The van der Waals surface area contributed by atoms with Crippen LogP contribution in [0.15, 0.2) is 0 Å². The van der Waals surface area contributed by atoms with Crippen molar-refractivity contribution in [3.05, 3.63) is 0 Å². The number of nitrogens with zero attached hydrogens (tertiary/aromatic N) is 1. The second-order valence-electron chi connectivity index (χ2n) is 4.86. The van der Waals surface area contributed by atoms with Crippen LogP contribution >= 0.6 is 0 Å². The van der Waals surface area contributed by atoms with Gasteiger partial charge in [0.1, 0.15) is 10.5 Å². The smallest absolute Gasteiger partial charge is 0.310 e. The summed E-state index contributed by atoms with van der Waals surface area (Å²) in [4.78, 5) is 0. The summed E-state index contributed by atoms with van der Waals surface area (Å²) in [5.74, 6) is 0.509. The third-order valence-corrected chi connectivity index (χ3v) is 11.8. The van der Waals surface area contributed by atoms with Crippen molar-refractivity contribution in [2.24, 2.45) is 5.92 Å². The molecule has 2 atom stereocenters. The molecule has 0 aliphatic heterocycles. The molecule has 0 amide bonds. The minimum Gasteiger partial charge on any atom is -0.445 e. The second kappa shape index (κ2) is 9.02. The van der Waals surface area contributed by atoms with E-state index in [0.717, 1.165) is 23.1 Å². The quantitative estimate of drug-likeness (QED) is 0.468. The molecule has 17 heavy (non-hydrogen) atoms. The standard InChI is InChI=1S/C10H25NO3Si3/c1-10(8-12-7-5-6-11)9-16(2)14-17(3,4)13-15/h10,16H,5,7-9H2,1-4,15H3. The monoisotopic (exact) mass is 291 g/mol. The fourth-order valence-electron chi connectivity index (χ4n) is 1.62. The molecule has 0 aromatic rings. The molecule has 0 aliphatic carbocycles. The zero-order valence-electron chi connectivity index (χ0n) is 11.7. The van der Waals surface area contributed by atoms with E-state index in [1.807, 2.05) is 0 Å². The van der Waals surface area contributed by atoms with Crippen LogP contribution in [-0.2, 0) is 13.0 Å². The Kier molecular flexibility index (Phi) is 9.03. The molecule has 0 radical (unpaired) electrons. The summed E-state index contributed by atoms with van der Waals surface area (Å²) in [6.07, 6.45) is 0.477. The number of hydrogen-bond donors (Lipinski definition) is 0. The van der Waals surface area contributed by atoms with Crippen molar-refractivity contribution in [3.63, 3.8) is 0 Å². The molecule has 100 valence electrons. The molecular formula is C10H25NO3Si3. The van der Waals surface area contributed by atoms with Crippen molar-refractivity contribution in [2.75, 3.05) is 13.2 Å². The van der Waals surface area contributed by atoms with E-state index in [1.165, 1.54) is 0 Å². The van der Waals surface area contributed by atoms with Crippen LogP contribution in [-0.4, -0.2) is 41.3 Å². The zero-order valence-corrected chi connectivity index (χ0v) is 15.8. The van der Waals surface area contributed by atoms with Gasteiger partial charge in [0, 0.05) is 6.61 Å². The predicted octanol–water partition coefficient (Wildman–Crippen LogP) is 0.922. The average Bonchev–Trinajstić information content (AvgIpc) is 2.23. The summed E-state index contributed by atoms with van der Waals surface area (Å²) in [5, 5.41) is 8.38. The van der Waals surface area contributed by atoms with Crippen molar-refractivity contribution in [1.82, 2.24) is 0 Å². The van der Waals surface area contributed by atoms with Gasteiger partial charge in [-0.05, 0) is 31.6 Å². The predicted molar refractivity (Wildman–Crippen MR) is 77.6 cm³/mol. The summed E-state index contributed by atoms with van der Waals surface area (Å²) in [6, 6.07) is 3.18. The topological polar surface area (TPSA) is 51.5 Å². The fourth-order valence-corrected chi connectivity index (χ4v) is 8.40. The van der Waals surface area contributed by atoms with E-state index in [4.69, 9.17) is 18.2 Å². The van der Waals surface area contributed by atoms with E-state index < -0.39 is 17.6 Å². The van der Waals surface area contributed by atoms with Crippen molar-refractivity contribution < 1.29 is 13.0 Å². The number of nitriles is 1. The first-order valence-electron chi connectivity index (χ1n) is 6.09. The maximum Gasteiger partial charge on any atom is 0.310 e. The summed E-state index contributed by atoms with van der Waals surface area (Å²) in [6.45, 7) is 9.89. The summed E-state index contributed by atoms with van der Waals surface area (Å²) >= 11 is 0. The van der Waals surface area contributed by atoms with Gasteiger partial charge in [0.05, 0.1) is 19.1 Å². The molecule has 2 unspecified atom stereocenters. The Hall–Kier alpha value is 0.0206. The minimum atomic E-state index is -1.81. The Bertz CT molecular complexity index is 245. The SMILES string of the molecule is CC(COCCC#N)C[SiH](C)O[Si](C)(C)O[SiH3]. The Labute approximate surface area is 111 Å². The first-order chi connectivity index (χ1) is 7.91. The van der Waals surface area contributed by atoms with Gasteiger partial charge in [-0.1, -0.05) is 6.92 Å². The van der Waals surface area contributed by atoms with Crippen LogP contribution < -0.4 is 0 Å². The Balaban J connectivity index is 3.73. The first kappa shape index (κ1) is 17.0. The van der Waals surface area contributed by atoms with Gasteiger partial charge in [0.2, 0.25) is 0 Å². The lowest BCUT2D eigenvalue weighted by Crippen LogP contribution is -2.39. The third kappa shape index (κ3) is 9.70. The van der Waals surface area contributed by atoms with Gasteiger partial charge < -0.3 is 13.0 Å². The molecule has 0 aromatic heterocycles. The molecule has 0 saturated heterocycles. The van der Waals surface area contributed by atoms with Gasteiger partial charge >= 0.3 is 8.56 Å². The lowest BCUT2D eigenvalue weighted by Gasteiger charge is -2.27. The van der Waals surface area contributed by atoms with Crippen LogP contribution in [0.5, 0.6) is 0 Å². The van der Waals surface area contributed by atoms with Gasteiger partial charge in [-0.3, -0.25) is 0 Å². The highest BCUT2D eigenvalue weighted by Gasteiger charge is 2.25. The first-order valence-corrected chi connectivity index (χ1v) is 12.2. The summed E-state index contributed by atoms with van der Waals surface area (Å²) in [5.41, 5.74) is 0. The van der Waals surface area contributed by atoms with Gasteiger partial charge in [-0.2, -0.15) is 5.26 Å². The highest BCUT2D eigenvalue weighted by atomic mass is 28.4. The van der Waals surface area contributed by atoms with Crippen LogP contribution in [0.4, 0.5) is 0 Å². The molecule has 0 N–H and O–H groups in total. The van der Waals surface area contributed by atoms with Crippen molar-refractivity contribution in [2.45, 2.75) is 39.0 Å². The maximum atomic E-state index is 8.38. The molecule has 0 spiro atoms. The van der Waals surface area contributed by atoms with Gasteiger partial charge in [-0.25, -0.2) is 0 Å². The van der Waals surface area contributed by atoms with Gasteiger partial charge in [-0.15, -0.1) is 0 Å². The maximum absolute atomic E-state index is 8.38. The van der Waals surface area contributed by atoms with E-state index >= 15 is 0 Å². The van der Waals surface area contributed by atoms with Crippen LogP contribution in [0.2, 0.25) is 25.7 Å². The average molecular weight is 292 g/mol. The molecule has 4 nitrogen and oxygen atoms in total. The largest absolute Gasteiger partial charge is 0.445 e. The molecule has 0 fully saturated rings. The Morgan fingerprint density at radius 2 is 2.12 bits per heavy atom. The lowest BCUT2D eigenvalue weighted by molar-refractivity contribution is 0.114. The molecule has 0 bridgehead atoms. The van der Waals surface area contributed by atoms with E-state index in [-0.39, 0.29) is 0 Å². The Morgan fingerprint density at radius 3 is 2.65 bits per heavy atom. The number of ether oxygens (including phenoxy) is 1. The number of hydrogen-bond acceptors (Lipinski definition) is 4. The van der Waals surface area contributed by atoms with Crippen molar-refractivity contribution >= 4 is 28.1 Å². The Morgan fingerprint density at radius 1 is 1.47 bits per heavy atom. The van der Waals surface area contributed by atoms with E-state index in [9.17, 15) is 0 Å². The fraction of sp³-hybridized carbons (Fsp3) is 0.900. The second-order valence-corrected chi connectivity index (χ2v) is 12.3. The van der Waals surface area contributed by atoms with Crippen LogP contribution in [0.1, 0.15) is 13.3 Å². The van der Waals surface area contributed by atoms with Crippen molar-refractivity contribution in [3.8, 4) is 6.07 Å². The van der Waals surface area contributed by atoms with E-state index in [1.54, 1.807) is 0 Å². The highest BCUT2D eigenvalue weighted by Crippen LogP contribution is 2.13. The molecule has 0 aromatic carbocycles. The van der Waals surface area contributed by atoms with E-state index in [2.05, 4.69) is 32.6 Å². The van der Waals surface area contributed by atoms with E-state index in [0.29, 0.717) is 18.9 Å². The van der Waals surface area contributed by atoms with Crippen LogP contribution in [0.25, 0.3) is 0 Å². The zero-order chi connectivity index (χ0) is 13.3. The van der Waals surface area contributed by atoms with Crippen LogP contribution in [0, 0.1) is 17.2 Å². The normalized spacial score (nSPS) is 15.5. The third-order valence-electron chi connectivity index (χ3n) is 2.47. The highest BCUT2D eigenvalue weighted by molar-refractivity contribution is 6.75. The van der Waals surface area contributed by atoms with Crippen molar-refractivity contribution in [1.29, 1.82) is 5.26 Å². The van der Waals surface area contributed by atoms with Gasteiger partial charge in [0.25, 0.3) is 0 Å². The van der Waals surface area contributed by atoms with Gasteiger partial charge in [0.15, 0.2) is 9.04 Å². The number of rotatable bonds is 9. The molecule has 0 rings (SSSR count). The molecule has 7 heteroatoms. The molecule has 0 heterocycles. The molecule has 0 aliphatic rings. The summed E-state index contributed by atoms with van der Waals surface area (Å²) in [7, 11) is -2.20.